The van der Waals surface area contributed by atoms with Gasteiger partial charge in [0.2, 0.25) is 5.91 Å². The minimum atomic E-state index is -0.299. The van der Waals surface area contributed by atoms with E-state index in [-0.39, 0.29) is 23.2 Å². The molecular formula is C30H30ClFN2O2. The fourth-order valence-electron chi connectivity index (χ4n) is 5.12. The van der Waals surface area contributed by atoms with Gasteiger partial charge >= 0.3 is 0 Å². The number of fused-ring (bicyclic) bond motifs is 1. The predicted molar refractivity (Wildman–Crippen MR) is 142 cm³/mol. The zero-order valence-corrected chi connectivity index (χ0v) is 21.1. The maximum absolute atomic E-state index is 13.5. The predicted octanol–water partition coefficient (Wildman–Crippen LogP) is 6.69. The molecule has 186 valence electrons. The van der Waals surface area contributed by atoms with E-state index in [0.29, 0.717) is 24.5 Å². The van der Waals surface area contributed by atoms with E-state index >= 15 is 0 Å². The summed E-state index contributed by atoms with van der Waals surface area (Å²) in [7, 11) is 0. The summed E-state index contributed by atoms with van der Waals surface area (Å²) in [6, 6.07) is 22.5. The van der Waals surface area contributed by atoms with Crippen molar-refractivity contribution in [3.8, 4) is 0 Å². The Balaban J connectivity index is 1.48. The number of carbonyl (C=O) groups is 1. The second-order valence-electron chi connectivity index (χ2n) is 9.85. The molecule has 6 heteroatoms. The Morgan fingerprint density at radius 3 is 2.69 bits per heavy atom. The minimum Gasteiger partial charge on any atom is -0.373 e. The molecule has 0 unspecified atom stereocenters. The van der Waals surface area contributed by atoms with Crippen molar-refractivity contribution in [1.29, 1.82) is 0 Å². The Labute approximate surface area is 216 Å². The molecule has 2 heterocycles. The summed E-state index contributed by atoms with van der Waals surface area (Å²) in [6.45, 7) is 3.90. The van der Waals surface area contributed by atoms with Crippen molar-refractivity contribution >= 4 is 28.4 Å². The molecule has 5 rings (SSSR count). The summed E-state index contributed by atoms with van der Waals surface area (Å²) in [5, 5.41) is 4.84. The molecule has 1 N–H and O–H groups in total. The highest BCUT2D eigenvalue weighted by Crippen LogP contribution is 2.36. The number of nitrogens with zero attached hydrogens (tertiary/aromatic N) is 1. The molecule has 36 heavy (non-hydrogen) atoms. The molecule has 1 aliphatic rings. The van der Waals surface area contributed by atoms with Gasteiger partial charge in [-0.15, -0.1) is 0 Å². The van der Waals surface area contributed by atoms with Crippen molar-refractivity contribution in [1.82, 2.24) is 9.88 Å². The van der Waals surface area contributed by atoms with Crippen molar-refractivity contribution in [3.63, 3.8) is 0 Å². The average Bonchev–Trinajstić information content (AvgIpc) is 3.47. The first-order chi connectivity index (χ1) is 17.4. The number of hydrogen-bond donors (Lipinski definition) is 1. The summed E-state index contributed by atoms with van der Waals surface area (Å²) < 4.78 is 21.5. The van der Waals surface area contributed by atoms with E-state index in [1.807, 2.05) is 36.4 Å². The number of rotatable bonds is 8. The number of hydrogen-bond acceptors (Lipinski definition) is 2. The maximum atomic E-state index is 13.5. The minimum absolute atomic E-state index is 0.0212. The highest BCUT2D eigenvalue weighted by molar-refractivity contribution is 6.30. The average molecular weight is 505 g/mol. The molecule has 0 aliphatic carbocycles. The van der Waals surface area contributed by atoms with E-state index < -0.39 is 0 Å². The van der Waals surface area contributed by atoms with Crippen molar-refractivity contribution < 1.29 is 13.9 Å². The van der Waals surface area contributed by atoms with E-state index in [4.69, 9.17) is 16.3 Å². The zero-order chi connectivity index (χ0) is 25.1. The molecule has 3 aromatic carbocycles. The van der Waals surface area contributed by atoms with Crippen molar-refractivity contribution in [2.24, 2.45) is 0 Å². The van der Waals surface area contributed by atoms with Gasteiger partial charge in [0.05, 0.1) is 5.60 Å². The second-order valence-corrected chi connectivity index (χ2v) is 10.3. The van der Waals surface area contributed by atoms with Crippen LogP contribution in [0.5, 0.6) is 0 Å². The van der Waals surface area contributed by atoms with Crippen molar-refractivity contribution in [3.05, 3.63) is 107 Å². The fourth-order valence-corrected chi connectivity index (χ4v) is 5.32. The van der Waals surface area contributed by atoms with E-state index in [1.165, 1.54) is 12.1 Å². The quantitative estimate of drug-likeness (QED) is 0.290. The highest BCUT2D eigenvalue weighted by atomic mass is 35.5. The topological polar surface area (TPSA) is 43.3 Å². The number of benzene rings is 3. The van der Waals surface area contributed by atoms with Gasteiger partial charge in [-0.3, -0.25) is 4.79 Å². The van der Waals surface area contributed by atoms with Gasteiger partial charge in [-0.2, -0.15) is 0 Å². The van der Waals surface area contributed by atoms with Crippen LogP contribution in [-0.2, 0) is 16.1 Å². The van der Waals surface area contributed by atoms with Crippen LogP contribution >= 0.6 is 11.6 Å². The number of ether oxygens (including phenoxy) is 1. The van der Waals surface area contributed by atoms with Gasteiger partial charge in [0.25, 0.3) is 0 Å². The Morgan fingerprint density at radius 2 is 1.94 bits per heavy atom. The number of amides is 1. The SMILES string of the molecule is C[C@@]1(CNC(=O)C[C@H](c2cccc(Cl)c2)c2cn(Cc3ccc(F)cc3)c3ccccc23)CCCO1. The Bertz CT molecular complexity index is 1360. The first-order valence-corrected chi connectivity index (χ1v) is 12.8. The standard InChI is InChI=1S/C30H30ClFN2O2/c1-30(14-5-15-36-30)20-33-29(35)17-26(22-6-4-7-23(31)16-22)27-19-34(28-9-3-2-8-25(27)28)18-21-10-12-24(32)13-11-21/h2-4,6-13,16,19,26H,5,14-15,17-18,20H2,1H3,(H,33,35)/t26-,30+/m1/s1. The molecule has 1 aromatic heterocycles. The van der Waals surface area contributed by atoms with Crippen LogP contribution in [0.4, 0.5) is 4.39 Å². The third kappa shape index (κ3) is 5.48. The lowest BCUT2D eigenvalue weighted by Crippen LogP contribution is -2.40. The first kappa shape index (κ1) is 24.5. The third-order valence-corrected chi connectivity index (χ3v) is 7.30. The molecule has 4 nitrogen and oxygen atoms in total. The van der Waals surface area contributed by atoms with Gasteiger partial charge < -0.3 is 14.6 Å². The smallest absolute Gasteiger partial charge is 0.221 e. The van der Waals surface area contributed by atoms with Gasteiger partial charge in [-0.25, -0.2) is 4.39 Å². The molecule has 1 fully saturated rings. The Hall–Kier alpha value is -3.15. The van der Waals surface area contributed by atoms with Gasteiger partial charge in [-0.05, 0) is 66.8 Å². The van der Waals surface area contributed by atoms with Gasteiger partial charge in [-0.1, -0.05) is 54.1 Å². The lowest BCUT2D eigenvalue weighted by atomic mass is 9.88. The molecule has 4 aromatic rings. The highest BCUT2D eigenvalue weighted by Gasteiger charge is 2.31. The summed E-state index contributed by atoms with van der Waals surface area (Å²) in [5.41, 5.74) is 3.83. The normalized spacial score (nSPS) is 18.4. The van der Waals surface area contributed by atoms with Crippen LogP contribution in [0.25, 0.3) is 10.9 Å². The largest absolute Gasteiger partial charge is 0.373 e. The Kier molecular flexibility index (Phi) is 7.13. The van der Waals surface area contributed by atoms with Crippen LogP contribution in [-0.4, -0.2) is 29.2 Å². The van der Waals surface area contributed by atoms with E-state index in [1.54, 1.807) is 12.1 Å². The van der Waals surface area contributed by atoms with E-state index in [0.717, 1.165) is 47.0 Å². The van der Waals surface area contributed by atoms with Crippen LogP contribution < -0.4 is 5.32 Å². The third-order valence-electron chi connectivity index (χ3n) is 7.06. The van der Waals surface area contributed by atoms with Crippen LogP contribution in [0, 0.1) is 5.82 Å². The fraction of sp³-hybridized carbons (Fsp3) is 0.300. The number of aromatic nitrogens is 1. The Morgan fingerprint density at radius 1 is 1.14 bits per heavy atom. The monoisotopic (exact) mass is 504 g/mol. The molecular weight excluding hydrogens is 475 g/mol. The van der Waals surface area contributed by atoms with Crippen molar-refractivity contribution in [2.45, 2.75) is 44.2 Å². The van der Waals surface area contributed by atoms with Gasteiger partial charge in [0.1, 0.15) is 5.82 Å². The molecule has 0 spiro atoms. The van der Waals surface area contributed by atoms with E-state index in [9.17, 15) is 9.18 Å². The molecule has 0 bridgehead atoms. The van der Waals surface area contributed by atoms with Gasteiger partial charge in [0.15, 0.2) is 0 Å². The number of halogens is 2. The molecule has 2 atom stereocenters. The molecule has 1 saturated heterocycles. The summed E-state index contributed by atoms with van der Waals surface area (Å²) in [5.74, 6) is -0.451. The van der Waals surface area contributed by atoms with E-state index in [2.05, 4.69) is 35.1 Å². The second kappa shape index (κ2) is 10.5. The van der Waals surface area contributed by atoms with Gasteiger partial charge in [0, 0.05) is 54.2 Å². The lowest BCUT2D eigenvalue weighted by molar-refractivity contribution is -0.122. The molecule has 0 radical (unpaired) electrons. The van der Waals surface area contributed by atoms with Crippen LogP contribution in [0.2, 0.25) is 5.02 Å². The zero-order valence-electron chi connectivity index (χ0n) is 20.3. The number of nitrogens with one attached hydrogen (secondary N) is 1. The number of carbonyl (C=O) groups excluding carboxylic acids is 1. The number of para-hydroxylation sites is 1. The molecule has 0 saturated carbocycles. The summed E-state index contributed by atoms with van der Waals surface area (Å²) >= 11 is 6.37. The summed E-state index contributed by atoms with van der Waals surface area (Å²) in [6.07, 6.45) is 4.38. The first-order valence-electron chi connectivity index (χ1n) is 12.4. The van der Waals surface area contributed by atoms with Crippen LogP contribution in [0.1, 0.15) is 48.8 Å². The molecule has 1 aliphatic heterocycles. The van der Waals surface area contributed by atoms with Crippen molar-refractivity contribution in [2.75, 3.05) is 13.2 Å². The summed E-state index contributed by atoms with van der Waals surface area (Å²) in [4.78, 5) is 13.2. The van der Waals surface area contributed by atoms with Crippen LogP contribution in [0.15, 0.2) is 79.0 Å². The molecule has 1 amide bonds. The lowest BCUT2D eigenvalue weighted by Gasteiger charge is -2.24. The maximum Gasteiger partial charge on any atom is 0.221 e. The van der Waals surface area contributed by atoms with Crippen LogP contribution in [0.3, 0.4) is 0 Å².